The monoisotopic (exact) mass is 209 g/mol. The average molecular weight is 209 g/mol. The third kappa shape index (κ3) is 2.35. The fourth-order valence-corrected chi connectivity index (χ4v) is 1.49. The number of hydrogen-bond acceptors (Lipinski definition) is 2. The van der Waals surface area contributed by atoms with E-state index < -0.39 is 0 Å². The zero-order chi connectivity index (χ0) is 11.4. The second-order valence-electron chi connectivity index (χ2n) is 3.66. The smallest absolute Gasteiger partial charge is 0.152 e. The standard InChI is InChI=1S/C12H16FNO/c1-4-9(2)14(3)12-10(8-15)6-5-7-11(12)13/h5-9H,4H2,1-3H3. The lowest BCUT2D eigenvalue weighted by Crippen LogP contribution is -2.29. The summed E-state index contributed by atoms with van der Waals surface area (Å²) in [7, 11) is 1.81. The van der Waals surface area contributed by atoms with Crippen molar-refractivity contribution in [1.29, 1.82) is 0 Å². The summed E-state index contributed by atoms with van der Waals surface area (Å²) in [6, 6.07) is 4.76. The van der Waals surface area contributed by atoms with Gasteiger partial charge in [0, 0.05) is 18.7 Å². The molecular formula is C12H16FNO. The quantitative estimate of drug-likeness (QED) is 0.711. The van der Waals surface area contributed by atoms with Crippen LogP contribution in [0.2, 0.25) is 0 Å². The van der Waals surface area contributed by atoms with Crippen LogP contribution in [0, 0.1) is 5.82 Å². The molecule has 1 aromatic rings. The number of carbonyl (C=O) groups excluding carboxylic acids is 1. The first kappa shape index (κ1) is 11.7. The van der Waals surface area contributed by atoms with Gasteiger partial charge in [-0.05, 0) is 25.5 Å². The molecule has 0 aliphatic heterocycles. The van der Waals surface area contributed by atoms with Crippen LogP contribution in [0.25, 0.3) is 0 Å². The molecule has 1 unspecified atom stereocenters. The van der Waals surface area contributed by atoms with Crippen LogP contribution in [-0.4, -0.2) is 19.4 Å². The first-order valence-corrected chi connectivity index (χ1v) is 5.08. The molecule has 0 fully saturated rings. The summed E-state index contributed by atoms with van der Waals surface area (Å²) in [6.45, 7) is 4.03. The fourth-order valence-electron chi connectivity index (χ4n) is 1.49. The Labute approximate surface area is 89.7 Å². The molecule has 0 aliphatic carbocycles. The van der Waals surface area contributed by atoms with Crippen LogP contribution in [-0.2, 0) is 0 Å². The molecule has 82 valence electrons. The van der Waals surface area contributed by atoms with E-state index in [1.807, 2.05) is 13.8 Å². The Bertz CT molecular complexity index is 351. The molecule has 0 bridgehead atoms. The maximum absolute atomic E-state index is 13.6. The Morgan fingerprint density at radius 3 is 2.73 bits per heavy atom. The molecule has 15 heavy (non-hydrogen) atoms. The molecule has 0 N–H and O–H groups in total. The van der Waals surface area contributed by atoms with Gasteiger partial charge in [-0.25, -0.2) is 4.39 Å². The van der Waals surface area contributed by atoms with Crippen molar-refractivity contribution < 1.29 is 9.18 Å². The number of hydrogen-bond donors (Lipinski definition) is 0. The number of benzene rings is 1. The molecule has 2 nitrogen and oxygen atoms in total. The highest BCUT2D eigenvalue weighted by molar-refractivity contribution is 5.84. The minimum Gasteiger partial charge on any atom is -0.369 e. The molecule has 0 radical (unpaired) electrons. The first-order valence-electron chi connectivity index (χ1n) is 5.08. The van der Waals surface area contributed by atoms with E-state index in [-0.39, 0.29) is 11.9 Å². The van der Waals surface area contributed by atoms with Crippen molar-refractivity contribution in [2.24, 2.45) is 0 Å². The fraction of sp³-hybridized carbons (Fsp3) is 0.417. The SMILES string of the molecule is CCC(C)N(C)c1c(F)cccc1C=O. The summed E-state index contributed by atoms with van der Waals surface area (Å²) in [5.74, 6) is -0.345. The van der Waals surface area contributed by atoms with Gasteiger partial charge in [-0.1, -0.05) is 13.0 Å². The van der Waals surface area contributed by atoms with E-state index in [0.29, 0.717) is 17.5 Å². The van der Waals surface area contributed by atoms with Gasteiger partial charge in [0.1, 0.15) is 5.82 Å². The van der Waals surface area contributed by atoms with Crippen molar-refractivity contribution >= 4 is 12.0 Å². The minimum absolute atomic E-state index is 0.209. The number of carbonyl (C=O) groups is 1. The average Bonchev–Trinajstić information content (AvgIpc) is 2.26. The molecule has 0 heterocycles. The Hall–Kier alpha value is -1.38. The first-order chi connectivity index (χ1) is 7.11. The van der Waals surface area contributed by atoms with Gasteiger partial charge in [-0.3, -0.25) is 4.79 Å². The molecule has 1 rings (SSSR count). The number of halogens is 1. The van der Waals surface area contributed by atoms with Crippen LogP contribution >= 0.6 is 0 Å². The van der Waals surface area contributed by atoms with Crippen LogP contribution in [0.5, 0.6) is 0 Å². The van der Waals surface area contributed by atoms with Crippen molar-refractivity contribution in [2.75, 3.05) is 11.9 Å². The van der Waals surface area contributed by atoms with Gasteiger partial charge in [0.05, 0.1) is 5.69 Å². The summed E-state index contributed by atoms with van der Waals surface area (Å²) in [5.41, 5.74) is 0.791. The number of anilines is 1. The molecule has 0 aromatic heterocycles. The molecule has 0 saturated heterocycles. The van der Waals surface area contributed by atoms with Gasteiger partial charge in [0.15, 0.2) is 6.29 Å². The molecule has 0 saturated carbocycles. The van der Waals surface area contributed by atoms with Crippen LogP contribution in [0.3, 0.4) is 0 Å². The van der Waals surface area contributed by atoms with Gasteiger partial charge in [-0.15, -0.1) is 0 Å². The molecule has 1 aromatic carbocycles. The highest BCUT2D eigenvalue weighted by Crippen LogP contribution is 2.24. The van der Waals surface area contributed by atoms with E-state index in [4.69, 9.17) is 0 Å². The van der Waals surface area contributed by atoms with Crippen molar-refractivity contribution in [2.45, 2.75) is 26.3 Å². The third-order valence-electron chi connectivity index (χ3n) is 2.75. The molecule has 1 atom stereocenters. The van der Waals surface area contributed by atoms with Gasteiger partial charge in [0.25, 0.3) is 0 Å². The second kappa shape index (κ2) is 4.91. The van der Waals surface area contributed by atoms with Gasteiger partial charge in [0.2, 0.25) is 0 Å². The van der Waals surface area contributed by atoms with Gasteiger partial charge in [-0.2, -0.15) is 0 Å². The van der Waals surface area contributed by atoms with E-state index in [9.17, 15) is 9.18 Å². The largest absolute Gasteiger partial charge is 0.369 e. The Morgan fingerprint density at radius 1 is 1.53 bits per heavy atom. The molecular weight excluding hydrogens is 193 g/mol. The summed E-state index contributed by atoms with van der Waals surface area (Å²) < 4.78 is 13.6. The lowest BCUT2D eigenvalue weighted by atomic mass is 10.1. The topological polar surface area (TPSA) is 20.3 Å². The Morgan fingerprint density at radius 2 is 2.20 bits per heavy atom. The summed E-state index contributed by atoms with van der Waals surface area (Å²) in [4.78, 5) is 12.6. The van der Waals surface area contributed by atoms with E-state index in [1.165, 1.54) is 6.07 Å². The van der Waals surface area contributed by atoms with E-state index in [0.717, 1.165) is 6.42 Å². The van der Waals surface area contributed by atoms with Crippen molar-refractivity contribution in [3.05, 3.63) is 29.6 Å². The van der Waals surface area contributed by atoms with Crippen molar-refractivity contribution in [1.82, 2.24) is 0 Å². The van der Waals surface area contributed by atoms with E-state index >= 15 is 0 Å². The zero-order valence-corrected chi connectivity index (χ0v) is 9.33. The zero-order valence-electron chi connectivity index (χ0n) is 9.33. The lowest BCUT2D eigenvalue weighted by molar-refractivity contribution is 0.112. The van der Waals surface area contributed by atoms with Crippen LogP contribution in [0.15, 0.2) is 18.2 Å². The molecule has 0 aliphatic rings. The summed E-state index contributed by atoms with van der Waals surface area (Å²) >= 11 is 0. The Kier molecular flexibility index (Phi) is 3.83. The highest BCUT2D eigenvalue weighted by atomic mass is 19.1. The van der Waals surface area contributed by atoms with Gasteiger partial charge >= 0.3 is 0 Å². The molecule has 0 amide bonds. The van der Waals surface area contributed by atoms with Crippen molar-refractivity contribution in [3.63, 3.8) is 0 Å². The number of rotatable bonds is 4. The number of nitrogens with zero attached hydrogens (tertiary/aromatic N) is 1. The second-order valence-corrected chi connectivity index (χ2v) is 3.66. The molecule has 0 spiro atoms. The lowest BCUT2D eigenvalue weighted by Gasteiger charge is -2.27. The van der Waals surface area contributed by atoms with Crippen LogP contribution in [0.4, 0.5) is 10.1 Å². The predicted octanol–water partition coefficient (Wildman–Crippen LogP) is 2.87. The van der Waals surface area contributed by atoms with Crippen LogP contribution < -0.4 is 4.90 Å². The summed E-state index contributed by atoms with van der Waals surface area (Å²) in [5, 5.41) is 0. The van der Waals surface area contributed by atoms with Crippen molar-refractivity contribution in [3.8, 4) is 0 Å². The summed E-state index contributed by atoms with van der Waals surface area (Å²) in [6.07, 6.45) is 1.60. The van der Waals surface area contributed by atoms with E-state index in [2.05, 4.69) is 0 Å². The third-order valence-corrected chi connectivity index (χ3v) is 2.75. The normalized spacial score (nSPS) is 12.3. The number of aldehydes is 1. The number of para-hydroxylation sites is 1. The minimum atomic E-state index is -0.345. The van der Waals surface area contributed by atoms with E-state index in [1.54, 1.807) is 24.1 Å². The maximum Gasteiger partial charge on any atom is 0.152 e. The maximum atomic E-state index is 13.6. The van der Waals surface area contributed by atoms with Crippen LogP contribution in [0.1, 0.15) is 30.6 Å². The van der Waals surface area contributed by atoms with Gasteiger partial charge < -0.3 is 4.90 Å². The molecule has 3 heteroatoms. The Balaban J connectivity index is 3.16. The highest BCUT2D eigenvalue weighted by Gasteiger charge is 2.15. The predicted molar refractivity (Wildman–Crippen MR) is 59.9 cm³/mol.